The van der Waals surface area contributed by atoms with Crippen LogP contribution in [0.25, 0.3) is 0 Å². The molecule has 30 heavy (non-hydrogen) atoms. The second-order valence-corrected chi connectivity index (χ2v) is 12.9. The van der Waals surface area contributed by atoms with E-state index in [1.54, 1.807) is 0 Å². The number of carbonyl (C=O) groups excluding carboxylic acids is 1. The van der Waals surface area contributed by atoms with E-state index < -0.39 is 0 Å². The molecular weight excluding hydrogens is 366 g/mol. The minimum Gasteiger partial charge on any atom is -0.325 e. The van der Waals surface area contributed by atoms with Crippen LogP contribution in [0.2, 0.25) is 0 Å². The molecule has 8 aliphatic carbocycles. The van der Waals surface area contributed by atoms with Gasteiger partial charge in [0.15, 0.2) is 0 Å². The maximum atomic E-state index is 13.7. The van der Waals surface area contributed by atoms with Crippen LogP contribution in [0.1, 0.15) is 82.6 Å². The Balaban J connectivity index is 1.13. The van der Waals surface area contributed by atoms with Crippen LogP contribution in [0.15, 0.2) is 24.3 Å². The molecule has 8 fully saturated rings. The lowest BCUT2D eigenvalue weighted by atomic mass is 9.48. The molecule has 0 aliphatic heterocycles. The van der Waals surface area contributed by atoms with Crippen molar-refractivity contribution < 1.29 is 4.79 Å². The van der Waals surface area contributed by atoms with Gasteiger partial charge in [-0.15, -0.1) is 0 Å². The molecule has 1 aromatic carbocycles. The highest BCUT2D eigenvalue weighted by molar-refractivity contribution is 5.96. The van der Waals surface area contributed by atoms with Crippen molar-refractivity contribution in [2.75, 3.05) is 5.32 Å². The average molecular weight is 404 g/mol. The molecule has 2 heteroatoms. The molecule has 8 aliphatic rings. The zero-order valence-electron chi connectivity index (χ0n) is 18.4. The lowest BCUT2D eigenvalue weighted by Gasteiger charge is -2.57. The summed E-state index contributed by atoms with van der Waals surface area (Å²) in [5.74, 6) is 5.80. The first kappa shape index (κ1) is 18.3. The van der Waals surface area contributed by atoms with Gasteiger partial charge >= 0.3 is 0 Å². The van der Waals surface area contributed by atoms with Crippen molar-refractivity contribution in [2.24, 2.45) is 46.3 Å². The zero-order chi connectivity index (χ0) is 19.9. The molecule has 0 saturated heterocycles. The maximum Gasteiger partial charge on any atom is 0.230 e. The second-order valence-electron chi connectivity index (χ2n) is 12.9. The molecule has 2 nitrogen and oxygen atoms in total. The fourth-order valence-electron chi connectivity index (χ4n) is 10.4. The van der Waals surface area contributed by atoms with E-state index >= 15 is 0 Å². The van der Waals surface area contributed by atoms with Gasteiger partial charge in [0, 0.05) is 5.69 Å². The summed E-state index contributed by atoms with van der Waals surface area (Å²) in [6.07, 6.45) is 17.7. The van der Waals surface area contributed by atoms with Crippen molar-refractivity contribution in [1.29, 1.82) is 0 Å². The zero-order valence-corrected chi connectivity index (χ0v) is 18.4. The van der Waals surface area contributed by atoms with Crippen molar-refractivity contribution in [3.8, 4) is 0 Å². The lowest BCUT2D eigenvalue weighted by molar-refractivity contribution is -0.140. The van der Waals surface area contributed by atoms with E-state index in [2.05, 4.69) is 29.6 Å². The number of hydrogen-bond donors (Lipinski definition) is 1. The summed E-state index contributed by atoms with van der Waals surface area (Å²) >= 11 is 0. The molecular formula is C28H37NO. The van der Waals surface area contributed by atoms with Gasteiger partial charge in [0.05, 0.1) is 5.41 Å². The van der Waals surface area contributed by atoms with Crippen molar-refractivity contribution in [3.05, 3.63) is 29.8 Å². The first-order valence-electron chi connectivity index (χ1n) is 13.0. The summed E-state index contributed by atoms with van der Waals surface area (Å²) in [6.45, 7) is 0. The average Bonchev–Trinajstić information content (AvgIpc) is 2.67. The van der Waals surface area contributed by atoms with Crippen LogP contribution in [0.3, 0.4) is 0 Å². The molecule has 0 aromatic heterocycles. The first-order chi connectivity index (χ1) is 14.6. The minimum atomic E-state index is -0.0530. The van der Waals surface area contributed by atoms with Crippen molar-refractivity contribution in [3.63, 3.8) is 0 Å². The Hall–Kier alpha value is -1.31. The molecule has 8 bridgehead atoms. The van der Waals surface area contributed by atoms with E-state index in [1.165, 1.54) is 69.8 Å². The molecule has 1 N–H and O–H groups in total. The fourth-order valence-corrected chi connectivity index (χ4v) is 10.4. The molecule has 1 amide bonds. The minimum absolute atomic E-state index is 0.0530. The van der Waals surface area contributed by atoms with E-state index in [9.17, 15) is 4.79 Å². The predicted octanol–water partition coefficient (Wildman–Crippen LogP) is 6.60. The third kappa shape index (κ3) is 2.84. The lowest BCUT2D eigenvalue weighted by Crippen LogP contribution is -2.51. The molecule has 160 valence electrons. The number of nitrogens with one attached hydrogen (secondary N) is 1. The van der Waals surface area contributed by atoms with Gasteiger partial charge in [0.2, 0.25) is 5.91 Å². The van der Waals surface area contributed by atoms with E-state index in [0.29, 0.717) is 11.3 Å². The summed E-state index contributed by atoms with van der Waals surface area (Å²) in [6, 6.07) is 8.82. The van der Waals surface area contributed by atoms with Crippen LogP contribution in [-0.4, -0.2) is 5.91 Å². The van der Waals surface area contributed by atoms with Crippen molar-refractivity contribution >= 4 is 11.6 Å². The number of benzene rings is 1. The fraction of sp³-hybridized carbons (Fsp3) is 0.750. The van der Waals surface area contributed by atoms with Gasteiger partial charge in [-0.05, 0) is 136 Å². The normalized spacial score (nSPS) is 47.6. The number of rotatable bonds is 4. The van der Waals surface area contributed by atoms with E-state index in [1.807, 2.05) is 0 Å². The standard InChI is InChI=1S/C28H37NO/c30-26(28-14-21-8-22(15-28)10-23(9-21)16-28)29-25-4-2-1-3-24(25)17-27-11-18-5-19(12-27)7-20(6-18)13-27/h1-4,18-23H,5-17H2,(H,29,30). The highest BCUT2D eigenvalue weighted by Crippen LogP contribution is 2.62. The largest absolute Gasteiger partial charge is 0.325 e. The highest BCUT2D eigenvalue weighted by atomic mass is 16.2. The van der Waals surface area contributed by atoms with E-state index in [4.69, 9.17) is 0 Å². The number of carbonyl (C=O) groups is 1. The maximum absolute atomic E-state index is 13.7. The Labute approximate surface area is 181 Å². The summed E-state index contributed by atoms with van der Waals surface area (Å²) in [7, 11) is 0. The molecule has 0 heterocycles. The van der Waals surface area contributed by atoms with Crippen LogP contribution < -0.4 is 5.32 Å². The van der Waals surface area contributed by atoms with Crippen LogP contribution in [0.5, 0.6) is 0 Å². The van der Waals surface area contributed by atoms with Gasteiger partial charge in [-0.1, -0.05) is 18.2 Å². The van der Waals surface area contributed by atoms with Gasteiger partial charge in [-0.2, -0.15) is 0 Å². The van der Waals surface area contributed by atoms with Gasteiger partial charge in [0.25, 0.3) is 0 Å². The Morgan fingerprint density at radius 2 is 1.20 bits per heavy atom. The summed E-state index contributed by atoms with van der Waals surface area (Å²) in [5, 5.41) is 3.51. The Bertz CT molecular complexity index is 799. The molecule has 0 unspecified atom stereocenters. The van der Waals surface area contributed by atoms with Crippen LogP contribution >= 0.6 is 0 Å². The van der Waals surface area contributed by atoms with Gasteiger partial charge in [-0.3, -0.25) is 4.79 Å². The summed E-state index contributed by atoms with van der Waals surface area (Å²) in [5.41, 5.74) is 3.02. The molecule has 9 rings (SSSR count). The molecule has 0 atom stereocenters. The SMILES string of the molecule is O=C(Nc1ccccc1CC12CC3CC(CC(C3)C1)C2)C12CC3CC(CC(C3)C1)C2. The van der Waals surface area contributed by atoms with Crippen molar-refractivity contribution in [2.45, 2.75) is 83.5 Å². The number of anilines is 1. The summed E-state index contributed by atoms with van der Waals surface area (Å²) in [4.78, 5) is 13.7. The highest BCUT2D eigenvalue weighted by Gasteiger charge is 2.55. The van der Waals surface area contributed by atoms with Gasteiger partial charge in [-0.25, -0.2) is 0 Å². The quantitative estimate of drug-likeness (QED) is 0.603. The van der Waals surface area contributed by atoms with Crippen molar-refractivity contribution in [1.82, 2.24) is 0 Å². The van der Waals surface area contributed by atoms with E-state index in [0.717, 1.165) is 60.5 Å². The van der Waals surface area contributed by atoms with Crippen LogP contribution in [0, 0.1) is 46.3 Å². The number of para-hydroxylation sites is 1. The van der Waals surface area contributed by atoms with Gasteiger partial charge in [0.1, 0.15) is 0 Å². The second kappa shape index (κ2) is 6.36. The number of amides is 1. The van der Waals surface area contributed by atoms with Crippen LogP contribution in [0.4, 0.5) is 5.69 Å². The Kier molecular flexibility index (Phi) is 3.88. The van der Waals surface area contributed by atoms with Crippen LogP contribution in [-0.2, 0) is 11.2 Å². The molecule has 1 aromatic rings. The predicted molar refractivity (Wildman–Crippen MR) is 120 cm³/mol. The third-order valence-electron chi connectivity index (χ3n) is 10.5. The monoisotopic (exact) mass is 403 g/mol. The Morgan fingerprint density at radius 1 is 0.733 bits per heavy atom. The summed E-state index contributed by atoms with van der Waals surface area (Å²) < 4.78 is 0. The molecule has 0 radical (unpaired) electrons. The Morgan fingerprint density at radius 3 is 1.73 bits per heavy atom. The molecule has 0 spiro atoms. The van der Waals surface area contributed by atoms with Gasteiger partial charge < -0.3 is 5.32 Å². The molecule has 8 saturated carbocycles. The smallest absolute Gasteiger partial charge is 0.230 e. The number of hydrogen-bond acceptors (Lipinski definition) is 1. The topological polar surface area (TPSA) is 29.1 Å². The first-order valence-corrected chi connectivity index (χ1v) is 13.0. The van der Waals surface area contributed by atoms with E-state index in [-0.39, 0.29) is 5.41 Å². The third-order valence-corrected chi connectivity index (χ3v) is 10.5.